The van der Waals surface area contributed by atoms with E-state index in [1.165, 1.54) is 0 Å². The number of hydrogen-bond donors (Lipinski definition) is 1. The fourth-order valence-electron chi connectivity index (χ4n) is 2.13. The lowest BCUT2D eigenvalue weighted by Gasteiger charge is -2.24. The van der Waals surface area contributed by atoms with Gasteiger partial charge in [0.05, 0.1) is 17.3 Å². The summed E-state index contributed by atoms with van der Waals surface area (Å²) >= 11 is 6.04. The number of anilines is 1. The molecule has 0 aliphatic heterocycles. The van der Waals surface area contributed by atoms with E-state index >= 15 is 0 Å². The molecule has 0 heterocycles. The van der Waals surface area contributed by atoms with Crippen LogP contribution in [0.5, 0.6) is 0 Å². The van der Waals surface area contributed by atoms with Gasteiger partial charge in [0.2, 0.25) is 5.91 Å². The fourth-order valence-corrected chi connectivity index (χ4v) is 2.31. The van der Waals surface area contributed by atoms with Gasteiger partial charge >= 0.3 is 0 Å². The van der Waals surface area contributed by atoms with Gasteiger partial charge in [-0.1, -0.05) is 44.5 Å². The molecule has 23 heavy (non-hydrogen) atoms. The third kappa shape index (κ3) is 9.38. The lowest BCUT2D eigenvalue weighted by molar-refractivity contribution is -0.117. The molecule has 4 nitrogen and oxygen atoms in total. The molecular formula is C16H28Cl3N3O. The van der Waals surface area contributed by atoms with Crippen LogP contribution < -0.4 is 5.32 Å². The van der Waals surface area contributed by atoms with Crippen molar-refractivity contribution in [3.8, 4) is 0 Å². The second-order valence-electron chi connectivity index (χ2n) is 4.92. The molecule has 7 heteroatoms. The number of nitrogens with zero attached hydrogens (tertiary/aromatic N) is 2. The topological polar surface area (TPSA) is 35.6 Å². The van der Waals surface area contributed by atoms with Crippen LogP contribution in [-0.4, -0.2) is 55.0 Å². The normalized spacial score (nSPS) is 10.2. The molecule has 0 saturated heterocycles. The van der Waals surface area contributed by atoms with Crippen LogP contribution in [0.4, 0.5) is 5.69 Å². The van der Waals surface area contributed by atoms with Crippen LogP contribution in [-0.2, 0) is 4.79 Å². The standard InChI is InChI=1S/C16H26ClN3O.2ClH/c1-4-19(5-2)11-12-20(6-3)13-16(21)18-15-10-8-7-9-14(15)17;;/h7-10H,4-6,11-13H2,1-3H3,(H,18,21);2*1H. The average molecular weight is 385 g/mol. The molecule has 1 aromatic rings. The maximum atomic E-state index is 12.1. The van der Waals surface area contributed by atoms with Gasteiger partial charge in [0.25, 0.3) is 0 Å². The predicted octanol–water partition coefficient (Wildman–Crippen LogP) is 3.79. The number of benzene rings is 1. The van der Waals surface area contributed by atoms with Crippen LogP contribution in [0.15, 0.2) is 24.3 Å². The molecule has 0 bridgehead atoms. The number of hydrogen-bond acceptors (Lipinski definition) is 3. The summed E-state index contributed by atoms with van der Waals surface area (Å²) in [6, 6.07) is 7.29. The van der Waals surface area contributed by atoms with E-state index in [2.05, 4.69) is 35.9 Å². The lowest BCUT2D eigenvalue weighted by atomic mass is 10.3. The molecule has 0 spiro atoms. The largest absolute Gasteiger partial charge is 0.324 e. The number of likely N-dealkylation sites (N-methyl/N-ethyl adjacent to an activating group) is 2. The highest BCUT2D eigenvalue weighted by Crippen LogP contribution is 2.20. The zero-order chi connectivity index (χ0) is 15.7. The van der Waals surface area contributed by atoms with Gasteiger partial charge in [-0.05, 0) is 31.8 Å². The average Bonchev–Trinajstić information content (AvgIpc) is 2.49. The smallest absolute Gasteiger partial charge is 0.238 e. The molecule has 0 fully saturated rings. The van der Waals surface area contributed by atoms with Crippen molar-refractivity contribution in [1.29, 1.82) is 0 Å². The molecule has 1 N–H and O–H groups in total. The van der Waals surface area contributed by atoms with Gasteiger partial charge in [-0.25, -0.2) is 0 Å². The second kappa shape index (κ2) is 13.9. The number of amides is 1. The van der Waals surface area contributed by atoms with Crippen molar-refractivity contribution in [2.75, 3.05) is 44.6 Å². The molecule has 0 aliphatic rings. The zero-order valence-corrected chi connectivity index (χ0v) is 16.4. The number of nitrogens with one attached hydrogen (secondary N) is 1. The van der Waals surface area contributed by atoms with E-state index in [-0.39, 0.29) is 30.7 Å². The van der Waals surface area contributed by atoms with E-state index in [4.69, 9.17) is 11.6 Å². The van der Waals surface area contributed by atoms with Crippen LogP contribution in [0.3, 0.4) is 0 Å². The van der Waals surface area contributed by atoms with Crippen molar-refractivity contribution in [3.05, 3.63) is 29.3 Å². The van der Waals surface area contributed by atoms with Crippen LogP contribution >= 0.6 is 36.4 Å². The molecule has 0 unspecified atom stereocenters. The number of halogens is 3. The molecule has 1 amide bonds. The van der Waals surface area contributed by atoms with Crippen LogP contribution in [0.25, 0.3) is 0 Å². The lowest BCUT2D eigenvalue weighted by Crippen LogP contribution is -2.39. The minimum Gasteiger partial charge on any atom is -0.324 e. The van der Waals surface area contributed by atoms with Crippen LogP contribution in [0.1, 0.15) is 20.8 Å². The first kappa shape index (κ1) is 24.7. The van der Waals surface area contributed by atoms with E-state index in [0.29, 0.717) is 17.3 Å². The summed E-state index contributed by atoms with van der Waals surface area (Å²) in [7, 11) is 0. The van der Waals surface area contributed by atoms with E-state index < -0.39 is 0 Å². The first-order valence-electron chi connectivity index (χ1n) is 7.59. The van der Waals surface area contributed by atoms with Gasteiger partial charge in [-0.2, -0.15) is 0 Å². The summed E-state index contributed by atoms with van der Waals surface area (Å²) in [4.78, 5) is 16.6. The van der Waals surface area contributed by atoms with Gasteiger partial charge < -0.3 is 10.2 Å². The SMILES string of the molecule is CCN(CC)CCN(CC)CC(=O)Nc1ccccc1Cl.Cl.Cl. The first-order valence-corrected chi connectivity index (χ1v) is 7.97. The fraction of sp³-hybridized carbons (Fsp3) is 0.562. The van der Waals surface area contributed by atoms with Crippen LogP contribution in [0, 0.1) is 0 Å². The molecule has 0 radical (unpaired) electrons. The van der Waals surface area contributed by atoms with E-state index in [0.717, 1.165) is 32.7 Å². The molecule has 1 aromatic carbocycles. The Morgan fingerprint density at radius 2 is 1.52 bits per heavy atom. The Morgan fingerprint density at radius 1 is 1.00 bits per heavy atom. The van der Waals surface area contributed by atoms with Crippen molar-refractivity contribution in [2.24, 2.45) is 0 Å². The Hall–Kier alpha value is -0.520. The van der Waals surface area contributed by atoms with Crippen molar-refractivity contribution >= 4 is 48.0 Å². The predicted molar refractivity (Wildman–Crippen MR) is 104 cm³/mol. The van der Waals surface area contributed by atoms with Crippen LogP contribution in [0.2, 0.25) is 5.02 Å². The molecule has 0 saturated carbocycles. The number of carbonyl (C=O) groups is 1. The summed E-state index contributed by atoms with van der Waals surface area (Å²) < 4.78 is 0. The van der Waals surface area contributed by atoms with Gasteiger partial charge in [0.15, 0.2) is 0 Å². The van der Waals surface area contributed by atoms with Crippen molar-refractivity contribution in [3.63, 3.8) is 0 Å². The third-order valence-corrected chi connectivity index (χ3v) is 3.92. The van der Waals surface area contributed by atoms with Gasteiger partial charge in [-0.15, -0.1) is 24.8 Å². The Balaban J connectivity index is 0. The quantitative estimate of drug-likeness (QED) is 0.703. The Kier molecular flexibility index (Phi) is 14.9. The molecule has 0 atom stereocenters. The van der Waals surface area contributed by atoms with Crippen molar-refractivity contribution in [1.82, 2.24) is 9.80 Å². The maximum Gasteiger partial charge on any atom is 0.238 e. The summed E-state index contributed by atoms with van der Waals surface area (Å²) in [5.74, 6) is -0.0236. The Bertz CT molecular complexity index is 442. The highest BCUT2D eigenvalue weighted by atomic mass is 35.5. The summed E-state index contributed by atoms with van der Waals surface area (Å²) in [5, 5.41) is 3.43. The Labute approximate surface area is 157 Å². The van der Waals surface area contributed by atoms with E-state index in [1.807, 2.05) is 18.2 Å². The monoisotopic (exact) mass is 383 g/mol. The van der Waals surface area contributed by atoms with E-state index in [1.54, 1.807) is 6.07 Å². The minimum atomic E-state index is -0.0236. The second-order valence-corrected chi connectivity index (χ2v) is 5.33. The Morgan fingerprint density at radius 3 is 2.04 bits per heavy atom. The summed E-state index contributed by atoms with van der Waals surface area (Å²) in [5.41, 5.74) is 0.670. The molecule has 0 aromatic heterocycles. The van der Waals surface area contributed by atoms with Gasteiger partial charge in [0, 0.05) is 13.1 Å². The summed E-state index contributed by atoms with van der Waals surface area (Å²) in [6.07, 6.45) is 0. The van der Waals surface area contributed by atoms with Crippen molar-refractivity contribution in [2.45, 2.75) is 20.8 Å². The minimum absolute atomic E-state index is 0. The highest BCUT2D eigenvalue weighted by molar-refractivity contribution is 6.33. The maximum absolute atomic E-state index is 12.1. The van der Waals surface area contributed by atoms with Gasteiger partial charge in [-0.3, -0.25) is 9.69 Å². The van der Waals surface area contributed by atoms with Gasteiger partial charge in [0.1, 0.15) is 0 Å². The number of para-hydroxylation sites is 1. The van der Waals surface area contributed by atoms with Crippen molar-refractivity contribution < 1.29 is 4.79 Å². The number of rotatable bonds is 9. The molecule has 0 aliphatic carbocycles. The number of carbonyl (C=O) groups excluding carboxylic acids is 1. The highest BCUT2D eigenvalue weighted by Gasteiger charge is 2.11. The molecule has 134 valence electrons. The zero-order valence-electron chi connectivity index (χ0n) is 14.0. The third-order valence-electron chi connectivity index (χ3n) is 3.59. The molecular weight excluding hydrogens is 357 g/mol. The molecule has 1 rings (SSSR count). The first-order chi connectivity index (χ1) is 10.1. The van der Waals surface area contributed by atoms with E-state index in [9.17, 15) is 4.79 Å². The summed E-state index contributed by atoms with van der Waals surface area (Å²) in [6.45, 7) is 11.6.